The molecule has 1 saturated heterocycles. The summed E-state index contributed by atoms with van der Waals surface area (Å²) < 4.78 is 22.7. The molecule has 5 nitrogen and oxygen atoms in total. The smallest absolute Gasteiger partial charge is 0.148 e. The second-order valence-electron chi connectivity index (χ2n) is 7.64. The number of sulfone groups is 1. The highest BCUT2D eigenvalue weighted by atomic mass is 32.2. The Morgan fingerprint density at radius 1 is 1.28 bits per heavy atom. The second-order valence-corrected chi connectivity index (χ2v) is 9.90. The van der Waals surface area contributed by atoms with Crippen LogP contribution in [-0.4, -0.2) is 51.0 Å². The quantitative estimate of drug-likeness (QED) is 0.779. The first kappa shape index (κ1) is 18.5. The molecule has 25 heavy (non-hydrogen) atoms. The largest absolute Gasteiger partial charge is 0.397 e. The topological polar surface area (TPSA) is 75.4 Å². The first-order valence-corrected chi connectivity index (χ1v) is 11.5. The first-order valence-electron chi connectivity index (χ1n) is 9.46. The second kappa shape index (κ2) is 7.96. The maximum absolute atomic E-state index is 11.3. The molecule has 0 bridgehead atoms. The van der Waals surface area contributed by atoms with Crippen molar-refractivity contribution in [3.8, 4) is 0 Å². The van der Waals surface area contributed by atoms with Crippen LogP contribution in [-0.2, 0) is 9.84 Å². The van der Waals surface area contributed by atoms with Gasteiger partial charge in [0.05, 0.1) is 17.1 Å². The fourth-order valence-corrected chi connectivity index (χ4v) is 4.63. The highest BCUT2D eigenvalue weighted by molar-refractivity contribution is 7.90. The lowest BCUT2D eigenvalue weighted by molar-refractivity contribution is 0.179. The fraction of sp³-hybridized carbons (Fsp3) is 0.684. The van der Waals surface area contributed by atoms with Crippen LogP contribution in [0.5, 0.6) is 0 Å². The molecule has 6 heteroatoms. The Hall–Kier alpha value is -1.27. The van der Waals surface area contributed by atoms with E-state index >= 15 is 0 Å². The standard InChI is InChI=1S/C19H31N3O2S/c1-25(23,24)14-13-22-11-9-15(10-12-22)18-8-7-17(20)19(21-18)16-5-3-2-4-6-16/h5,7-8,15,18,21H,2-4,6,9-14,20H2,1H3. The lowest BCUT2D eigenvalue weighted by Crippen LogP contribution is -2.45. The number of piperidine rings is 1. The highest BCUT2D eigenvalue weighted by Gasteiger charge is 2.28. The molecular weight excluding hydrogens is 334 g/mol. The maximum atomic E-state index is 11.3. The fourth-order valence-electron chi connectivity index (χ4n) is 4.04. The zero-order valence-electron chi connectivity index (χ0n) is 15.2. The number of nitrogens with one attached hydrogen (secondary N) is 1. The minimum Gasteiger partial charge on any atom is -0.397 e. The van der Waals surface area contributed by atoms with Gasteiger partial charge in [-0.25, -0.2) is 8.42 Å². The Bertz CT molecular complexity index is 671. The number of dihydropyridines is 1. The van der Waals surface area contributed by atoms with Gasteiger partial charge in [-0.1, -0.05) is 12.2 Å². The third kappa shape index (κ3) is 5.11. The van der Waals surface area contributed by atoms with Gasteiger partial charge in [0.2, 0.25) is 0 Å². The van der Waals surface area contributed by atoms with Crippen LogP contribution < -0.4 is 11.1 Å². The minimum atomic E-state index is -2.87. The van der Waals surface area contributed by atoms with Crippen LogP contribution in [0.15, 0.2) is 35.2 Å². The lowest BCUT2D eigenvalue weighted by atomic mass is 9.86. The Morgan fingerprint density at radius 2 is 2.04 bits per heavy atom. The van der Waals surface area contributed by atoms with E-state index in [0.717, 1.165) is 50.2 Å². The van der Waals surface area contributed by atoms with E-state index in [0.29, 0.717) is 18.5 Å². The molecule has 0 amide bonds. The molecule has 3 rings (SSSR count). The van der Waals surface area contributed by atoms with Gasteiger partial charge >= 0.3 is 0 Å². The van der Waals surface area contributed by atoms with Gasteiger partial charge < -0.3 is 16.0 Å². The number of nitrogens with zero attached hydrogens (tertiary/aromatic N) is 1. The van der Waals surface area contributed by atoms with Crippen molar-refractivity contribution in [2.24, 2.45) is 11.7 Å². The number of hydrogen-bond acceptors (Lipinski definition) is 5. The molecule has 0 aromatic carbocycles. The van der Waals surface area contributed by atoms with Crippen LogP contribution in [0, 0.1) is 5.92 Å². The van der Waals surface area contributed by atoms with Crippen LogP contribution in [0.2, 0.25) is 0 Å². The molecule has 0 aromatic rings. The minimum absolute atomic E-state index is 0.261. The summed E-state index contributed by atoms with van der Waals surface area (Å²) in [6.07, 6.45) is 14.9. The van der Waals surface area contributed by atoms with Gasteiger partial charge in [0.25, 0.3) is 0 Å². The summed E-state index contributed by atoms with van der Waals surface area (Å²) in [6, 6.07) is 0.335. The zero-order chi connectivity index (χ0) is 17.9. The Morgan fingerprint density at radius 3 is 2.68 bits per heavy atom. The molecule has 140 valence electrons. The lowest BCUT2D eigenvalue weighted by Gasteiger charge is -2.37. The van der Waals surface area contributed by atoms with Crippen LogP contribution in [0.25, 0.3) is 0 Å². The van der Waals surface area contributed by atoms with Crippen molar-refractivity contribution in [1.82, 2.24) is 10.2 Å². The summed E-state index contributed by atoms with van der Waals surface area (Å²) in [4.78, 5) is 2.28. The normalized spacial score (nSPS) is 26.4. The van der Waals surface area contributed by atoms with E-state index in [-0.39, 0.29) is 5.75 Å². The van der Waals surface area contributed by atoms with Gasteiger partial charge in [-0.15, -0.1) is 0 Å². The van der Waals surface area contributed by atoms with E-state index in [9.17, 15) is 8.42 Å². The van der Waals surface area contributed by atoms with Crippen molar-refractivity contribution >= 4 is 9.84 Å². The van der Waals surface area contributed by atoms with E-state index in [1.807, 2.05) is 0 Å². The molecule has 1 unspecified atom stereocenters. The van der Waals surface area contributed by atoms with Gasteiger partial charge in [0.1, 0.15) is 9.84 Å². The SMILES string of the molecule is CS(=O)(=O)CCN1CCC(C2C=CC(N)=C(C3=CCCCC3)N2)CC1. The maximum Gasteiger partial charge on any atom is 0.148 e. The van der Waals surface area contributed by atoms with Gasteiger partial charge in [-0.05, 0) is 69.2 Å². The van der Waals surface area contributed by atoms with Gasteiger partial charge in [0.15, 0.2) is 0 Å². The molecule has 1 atom stereocenters. The Balaban J connectivity index is 1.54. The van der Waals surface area contributed by atoms with E-state index < -0.39 is 9.84 Å². The predicted octanol–water partition coefficient (Wildman–Crippen LogP) is 1.94. The van der Waals surface area contributed by atoms with Crippen LogP contribution in [0.3, 0.4) is 0 Å². The summed E-state index contributed by atoms with van der Waals surface area (Å²) in [7, 11) is -2.87. The zero-order valence-corrected chi connectivity index (χ0v) is 16.0. The van der Waals surface area contributed by atoms with Crippen molar-refractivity contribution in [2.45, 2.75) is 44.6 Å². The van der Waals surface area contributed by atoms with Crippen LogP contribution in [0.4, 0.5) is 0 Å². The molecule has 1 aliphatic carbocycles. The summed E-state index contributed by atoms with van der Waals surface area (Å²) in [5.41, 5.74) is 9.61. The van der Waals surface area contributed by atoms with Crippen LogP contribution >= 0.6 is 0 Å². The average Bonchev–Trinajstić information content (AvgIpc) is 2.61. The molecule has 2 aliphatic heterocycles. The molecule has 0 radical (unpaired) electrons. The predicted molar refractivity (Wildman–Crippen MR) is 103 cm³/mol. The first-order chi connectivity index (χ1) is 11.9. The Labute approximate surface area is 151 Å². The number of rotatable bonds is 5. The monoisotopic (exact) mass is 365 g/mol. The molecule has 0 spiro atoms. The summed E-state index contributed by atoms with van der Waals surface area (Å²) in [5, 5.41) is 3.70. The van der Waals surface area contributed by atoms with Crippen LogP contribution in [0.1, 0.15) is 38.5 Å². The third-order valence-electron chi connectivity index (χ3n) is 5.61. The van der Waals surface area contributed by atoms with E-state index in [4.69, 9.17) is 5.73 Å². The van der Waals surface area contributed by atoms with Crippen molar-refractivity contribution in [1.29, 1.82) is 0 Å². The number of allylic oxidation sites excluding steroid dienone is 3. The molecule has 0 aromatic heterocycles. The molecule has 2 heterocycles. The van der Waals surface area contributed by atoms with Gasteiger partial charge in [0, 0.05) is 18.8 Å². The molecule has 0 saturated carbocycles. The number of likely N-dealkylation sites (tertiary alicyclic amines) is 1. The van der Waals surface area contributed by atoms with Crippen molar-refractivity contribution < 1.29 is 8.42 Å². The summed E-state index contributed by atoms with van der Waals surface area (Å²) in [5.74, 6) is 0.842. The van der Waals surface area contributed by atoms with Gasteiger partial charge in [-0.2, -0.15) is 0 Å². The van der Waals surface area contributed by atoms with Crippen molar-refractivity contribution in [3.63, 3.8) is 0 Å². The molecule has 1 fully saturated rings. The molecule has 3 aliphatic rings. The van der Waals surface area contributed by atoms with E-state index in [1.54, 1.807) is 0 Å². The average molecular weight is 366 g/mol. The summed E-state index contributed by atoms with van der Waals surface area (Å²) >= 11 is 0. The number of nitrogens with two attached hydrogens (primary N) is 1. The molecule has 3 N–H and O–H groups in total. The highest BCUT2D eigenvalue weighted by Crippen LogP contribution is 2.29. The molecular formula is C19H31N3O2S. The van der Waals surface area contributed by atoms with Gasteiger partial charge in [-0.3, -0.25) is 0 Å². The van der Waals surface area contributed by atoms with E-state index in [1.165, 1.54) is 24.7 Å². The number of hydrogen-bond donors (Lipinski definition) is 2. The third-order valence-corrected chi connectivity index (χ3v) is 6.54. The van der Waals surface area contributed by atoms with E-state index in [2.05, 4.69) is 28.4 Å². The summed E-state index contributed by atoms with van der Waals surface area (Å²) in [6.45, 7) is 2.61. The Kier molecular flexibility index (Phi) is 5.89. The van der Waals surface area contributed by atoms with Crippen molar-refractivity contribution in [2.75, 3.05) is 31.6 Å². The van der Waals surface area contributed by atoms with Crippen molar-refractivity contribution in [3.05, 3.63) is 35.2 Å².